The standard InChI is InChI=1S/C17H23N3O2/c1-4-19-7-9-20(10-8-19)15(21)12-5-6-14-13(11-12)17(2,3)16(22)18-14/h5-6,11H,4,7-10H2,1-3H3,(H,18,22). The molecule has 1 fully saturated rings. The molecule has 1 aromatic carbocycles. The number of fused-ring (bicyclic) bond motifs is 1. The summed E-state index contributed by atoms with van der Waals surface area (Å²) >= 11 is 0. The Kier molecular flexibility index (Phi) is 3.68. The van der Waals surface area contributed by atoms with E-state index < -0.39 is 5.41 Å². The molecule has 2 amide bonds. The van der Waals surface area contributed by atoms with E-state index >= 15 is 0 Å². The fourth-order valence-corrected chi connectivity index (χ4v) is 3.15. The molecule has 0 radical (unpaired) electrons. The van der Waals surface area contributed by atoms with Crippen molar-refractivity contribution in [2.45, 2.75) is 26.2 Å². The summed E-state index contributed by atoms with van der Waals surface area (Å²) in [4.78, 5) is 28.9. The van der Waals surface area contributed by atoms with Crippen molar-refractivity contribution in [3.63, 3.8) is 0 Å². The van der Waals surface area contributed by atoms with E-state index in [0.29, 0.717) is 5.56 Å². The molecule has 1 aromatic rings. The van der Waals surface area contributed by atoms with Gasteiger partial charge in [0.05, 0.1) is 5.41 Å². The number of anilines is 1. The molecule has 0 aliphatic carbocycles. The van der Waals surface area contributed by atoms with E-state index in [4.69, 9.17) is 0 Å². The maximum Gasteiger partial charge on any atom is 0.253 e. The van der Waals surface area contributed by atoms with Crippen LogP contribution >= 0.6 is 0 Å². The van der Waals surface area contributed by atoms with Gasteiger partial charge < -0.3 is 15.1 Å². The predicted molar refractivity (Wildman–Crippen MR) is 86.1 cm³/mol. The van der Waals surface area contributed by atoms with Crippen molar-refractivity contribution in [3.05, 3.63) is 29.3 Å². The van der Waals surface area contributed by atoms with Crippen LogP contribution in [-0.2, 0) is 10.2 Å². The van der Waals surface area contributed by atoms with Crippen molar-refractivity contribution < 1.29 is 9.59 Å². The minimum atomic E-state index is -0.577. The molecule has 2 heterocycles. The smallest absolute Gasteiger partial charge is 0.253 e. The first kappa shape index (κ1) is 15.0. The lowest BCUT2D eigenvalue weighted by atomic mass is 9.85. The van der Waals surface area contributed by atoms with Gasteiger partial charge in [0, 0.05) is 37.4 Å². The SMILES string of the molecule is CCN1CCN(C(=O)c2ccc3c(c2)C(C)(C)C(=O)N3)CC1. The van der Waals surface area contributed by atoms with Crippen LogP contribution in [0.1, 0.15) is 36.7 Å². The first-order valence-electron chi connectivity index (χ1n) is 7.91. The maximum absolute atomic E-state index is 12.7. The number of likely N-dealkylation sites (N-methyl/N-ethyl adjacent to an activating group) is 1. The van der Waals surface area contributed by atoms with Crippen molar-refractivity contribution in [1.82, 2.24) is 9.80 Å². The highest BCUT2D eigenvalue weighted by molar-refractivity contribution is 6.07. The lowest BCUT2D eigenvalue weighted by Gasteiger charge is -2.34. The number of hydrogen-bond donors (Lipinski definition) is 1. The van der Waals surface area contributed by atoms with Crippen LogP contribution in [0.15, 0.2) is 18.2 Å². The van der Waals surface area contributed by atoms with Gasteiger partial charge in [-0.1, -0.05) is 6.92 Å². The Morgan fingerprint density at radius 1 is 1.23 bits per heavy atom. The van der Waals surface area contributed by atoms with Crippen LogP contribution in [0.5, 0.6) is 0 Å². The fourth-order valence-electron chi connectivity index (χ4n) is 3.15. The van der Waals surface area contributed by atoms with Crippen LogP contribution in [0.2, 0.25) is 0 Å². The first-order valence-corrected chi connectivity index (χ1v) is 7.91. The van der Waals surface area contributed by atoms with Crippen LogP contribution in [0, 0.1) is 0 Å². The molecule has 0 spiro atoms. The maximum atomic E-state index is 12.7. The van der Waals surface area contributed by atoms with Crippen LogP contribution < -0.4 is 5.32 Å². The van der Waals surface area contributed by atoms with Gasteiger partial charge in [0.2, 0.25) is 5.91 Å². The monoisotopic (exact) mass is 301 g/mol. The second-order valence-corrected chi connectivity index (χ2v) is 6.57. The number of hydrogen-bond acceptors (Lipinski definition) is 3. The molecule has 1 N–H and O–H groups in total. The number of nitrogens with zero attached hydrogens (tertiary/aromatic N) is 2. The molecule has 0 saturated carbocycles. The van der Waals surface area contributed by atoms with Crippen molar-refractivity contribution in [2.75, 3.05) is 38.0 Å². The first-order chi connectivity index (χ1) is 10.4. The average molecular weight is 301 g/mol. The van der Waals surface area contributed by atoms with Crippen molar-refractivity contribution >= 4 is 17.5 Å². The largest absolute Gasteiger partial charge is 0.336 e. The number of nitrogens with one attached hydrogen (secondary N) is 1. The summed E-state index contributed by atoms with van der Waals surface area (Å²) in [5.74, 6) is 0.0531. The van der Waals surface area contributed by atoms with Gasteiger partial charge in [-0.05, 0) is 44.2 Å². The van der Waals surface area contributed by atoms with E-state index in [1.54, 1.807) is 0 Å². The van der Waals surface area contributed by atoms with E-state index in [1.165, 1.54) is 0 Å². The van der Waals surface area contributed by atoms with Crippen LogP contribution in [-0.4, -0.2) is 54.3 Å². The lowest BCUT2D eigenvalue weighted by Crippen LogP contribution is -2.48. The normalized spacial score (nSPS) is 20.7. The lowest BCUT2D eigenvalue weighted by molar-refractivity contribution is -0.119. The number of rotatable bonds is 2. The Balaban J connectivity index is 1.81. The molecular weight excluding hydrogens is 278 g/mol. The van der Waals surface area contributed by atoms with Crippen molar-refractivity contribution in [3.8, 4) is 0 Å². The van der Waals surface area contributed by atoms with Gasteiger partial charge in [0.15, 0.2) is 0 Å². The summed E-state index contributed by atoms with van der Waals surface area (Å²) < 4.78 is 0. The third kappa shape index (κ3) is 2.39. The molecule has 3 rings (SSSR count). The van der Waals surface area contributed by atoms with Gasteiger partial charge in [0.1, 0.15) is 0 Å². The van der Waals surface area contributed by atoms with Crippen LogP contribution in [0.3, 0.4) is 0 Å². The zero-order valence-corrected chi connectivity index (χ0v) is 13.5. The topological polar surface area (TPSA) is 52.7 Å². The van der Waals surface area contributed by atoms with E-state index in [2.05, 4.69) is 17.1 Å². The number of carbonyl (C=O) groups is 2. The van der Waals surface area contributed by atoms with Crippen LogP contribution in [0.25, 0.3) is 0 Å². The molecule has 0 aromatic heterocycles. The zero-order chi connectivity index (χ0) is 15.9. The van der Waals surface area contributed by atoms with Crippen LogP contribution in [0.4, 0.5) is 5.69 Å². The Morgan fingerprint density at radius 3 is 2.55 bits per heavy atom. The summed E-state index contributed by atoms with van der Waals surface area (Å²) in [7, 11) is 0. The van der Waals surface area contributed by atoms with Gasteiger partial charge in [-0.3, -0.25) is 9.59 Å². The summed E-state index contributed by atoms with van der Waals surface area (Å²) in [6.07, 6.45) is 0. The molecule has 1 saturated heterocycles. The predicted octanol–water partition coefficient (Wildman–Crippen LogP) is 1.69. The highest BCUT2D eigenvalue weighted by Crippen LogP contribution is 2.37. The highest BCUT2D eigenvalue weighted by Gasteiger charge is 2.38. The molecule has 5 nitrogen and oxygen atoms in total. The summed E-state index contributed by atoms with van der Waals surface area (Å²) in [5, 5.41) is 2.88. The summed E-state index contributed by atoms with van der Waals surface area (Å²) in [6.45, 7) is 10.4. The zero-order valence-electron chi connectivity index (χ0n) is 13.5. The van der Waals surface area contributed by atoms with Gasteiger partial charge in [-0.2, -0.15) is 0 Å². The van der Waals surface area contributed by atoms with E-state index in [9.17, 15) is 9.59 Å². The van der Waals surface area contributed by atoms with Crippen molar-refractivity contribution in [2.24, 2.45) is 0 Å². The second kappa shape index (κ2) is 5.39. The van der Waals surface area contributed by atoms with Crippen molar-refractivity contribution in [1.29, 1.82) is 0 Å². The molecule has 0 atom stereocenters. The Hall–Kier alpha value is -1.88. The molecule has 2 aliphatic heterocycles. The van der Waals surface area contributed by atoms with Gasteiger partial charge in [0.25, 0.3) is 5.91 Å². The number of benzene rings is 1. The van der Waals surface area contributed by atoms with Gasteiger partial charge in [-0.25, -0.2) is 0 Å². The quantitative estimate of drug-likeness (QED) is 0.904. The Bertz CT molecular complexity index is 616. The van der Waals surface area contributed by atoms with E-state index in [-0.39, 0.29) is 11.8 Å². The summed E-state index contributed by atoms with van der Waals surface area (Å²) in [5.41, 5.74) is 1.83. The molecular formula is C17H23N3O2. The fraction of sp³-hybridized carbons (Fsp3) is 0.529. The minimum absolute atomic E-state index is 0.0105. The summed E-state index contributed by atoms with van der Waals surface area (Å²) in [6, 6.07) is 5.54. The van der Waals surface area contributed by atoms with Gasteiger partial charge in [-0.15, -0.1) is 0 Å². The molecule has 118 valence electrons. The third-order valence-corrected chi connectivity index (χ3v) is 4.86. The highest BCUT2D eigenvalue weighted by atomic mass is 16.2. The van der Waals surface area contributed by atoms with E-state index in [0.717, 1.165) is 44.0 Å². The van der Waals surface area contributed by atoms with E-state index in [1.807, 2.05) is 36.9 Å². The Labute approximate surface area is 131 Å². The number of carbonyl (C=O) groups excluding carboxylic acids is 2. The average Bonchev–Trinajstić information content (AvgIpc) is 2.76. The third-order valence-electron chi connectivity index (χ3n) is 4.86. The molecule has 22 heavy (non-hydrogen) atoms. The number of piperazine rings is 1. The second-order valence-electron chi connectivity index (χ2n) is 6.57. The number of amides is 2. The minimum Gasteiger partial charge on any atom is -0.336 e. The molecule has 0 bridgehead atoms. The Morgan fingerprint density at radius 2 is 1.91 bits per heavy atom. The molecule has 2 aliphatic rings. The van der Waals surface area contributed by atoms with Gasteiger partial charge >= 0.3 is 0 Å². The molecule has 5 heteroatoms. The molecule has 0 unspecified atom stereocenters.